The Morgan fingerprint density at radius 2 is 1.00 bits per heavy atom. The molecule has 3 N–H and O–H groups in total. The lowest BCUT2D eigenvalue weighted by Crippen LogP contribution is -2.52. The zero-order valence-electron chi connectivity index (χ0n) is 12.2. The maximum absolute atomic E-state index is 9.91. The number of rotatable bonds is 6. The molecule has 3 heteroatoms. The molecule has 0 saturated heterocycles. The van der Waals surface area contributed by atoms with E-state index >= 15 is 0 Å². The topological polar surface area (TPSA) is 60.7 Å². The van der Waals surface area contributed by atoms with Gasteiger partial charge in [-0.3, -0.25) is 0 Å². The van der Waals surface area contributed by atoms with Crippen LogP contribution < -0.4 is 0 Å². The molecule has 0 aliphatic rings. The van der Waals surface area contributed by atoms with Crippen molar-refractivity contribution in [3.05, 3.63) is 71.8 Å². The summed E-state index contributed by atoms with van der Waals surface area (Å²) in [6.45, 7) is 1.04. The predicted molar refractivity (Wildman–Crippen MR) is 83.0 cm³/mol. The number of hydrogen-bond donors (Lipinski definition) is 3. The van der Waals surface area contributed by atoms with Crippen molar-refractivity contribution >= 4 is 0 Å². The largest absolute Gasteiger partial charge is 0.396 e. The third-order valence-corrected chi connectivity index (χ3v) is 4.67. The van der Waals surface area contributed by atoms with Gasteiger partial charge in [-0.1, -0.05) is 67.6 Å². The van der Waals surface area contributed by atoms with Crippen molar-refractivity contribution in [1.29, 1.82) is 0 Å². The summed E-state index contributed by atoms with van der Waals surface area (Å²) in [5.41, 5.74) is 0.158. The van der Waals surface area contributed by atoms with Gasteiger partial charge in [0.2, 0.25) is 0 Å². The van der Waals surface area contributed by atoms with Crippen molar-refractivity contribution in [3.8, 4) is 0 Å². The maximum atomic E-state index is 9.91. The lowest BCUT2D eigenvalue weighted by molar-refractivity contribution is -0.0370. The van der Waals surface area contributed by atoms with Crippen LogP contribution in [0.1, 0.15) is 18.1 Å². The summed E-state index contributed by atoms with van der Waals surface area (Å²) in [5.74, 6) is 0. The molecular formula is C18H22O3. The van der Waals surface area contributed by atoms with E-state index in [9.17, 15) is 15.3 Å². The minimum Gasteiger partial charge on any atom is -0.396 e. The lowest BCUT2D eigenvalue weighted by Gasteiger charge is -2.46. The summed E-state index contributed by atoms with van der Waals surface area (Å²) in [5, 5.41) is 29.7. The average molecular weight is 286 g/mol. The minimum atomic E-state index is -1.05. The molecule has 21 heavy (non-hydrogen) atoms. The summed E-state index contributed by atoms with van der Waals surface area (Å²) in [6, 6.07) is 19.4. The van der Waals surface area contributed by atoms with Crippen LogP contribution >= 0.6 is 0 Å². The molecule has 2 rings (SSSR count). The van der Waals surface area contributed by atoms with Gasteiger partial charge in [0.25, 0.3) is 0 Å². The van der Waals surface area contributed by atoms with Crippen molar-refractivity contribution in [2.45, 2.75) is 12.3 Å². The standard InChI is InChI=1S/C18H22O3/c1-17(15-8-4-2-5-9-15,16-10-6-3-7-11-16)18(12-19,13-20)14-21/h2-11,19-21H,12-14H2,1H3. The fraction of sp³-hybridized carbons (Fsp3) is 0.333. The first kappa shape index (κ1) is 15.7. The van der Waals surface area contributed by atoms with Gasteiger partial charge in [0.05, 0.1) is 25.2 Å². The van der Waals surface area contributed by atoms with Crippen LogP contribution in [-0.2, 0) is 5.41 Å². The number of benzene rings is 2. The molecule has 0 saturated carbocycles. The smallest absolute Gasteiger partial charge is 0.0543 e. The van der Waals surface area contributed by atoms with Crippen LogP contribution in [0.25, 0.3) is 0 Å². The van der Waals surface area contributed by atoms with Crippen molar-refractivity contribution in [2.24, 2.45) is 5.41 Å². The lowest BCUT2D eigenvalue weighted by atomic mass is 9.58. The molecule has 112 valence electrons. The monoisotopic (exact) mass is 286 g/mol. The molecule has 0 heterocycles. The molecule has 0 spiro atoms. The fourth-order valence-electron chi connectivity index (χ4n) is 2.95. The van der Waals surface area contributed by atoms with Crippen molar-refractivity contribution in [3.63, 3.8) is 0 Å². The van der Waals surface area contributed by atoms with E-state index in [1.807, 2.05) is 67.6 Å². The van der Waals surface area contributed by atoms with Crippen LogP contribution in [-0.4, -0.2) is 35.1 Å². The highest BCUT2D eigenvalue weighted by atomic mass is 16.3. The second kappa shape index (κ2) is 6.39. The van der Waals surface area contributed by atoms with Gasteiger partial charge < -0.3 is 15.3 Å². The summed E-state index contributed by atoms with van der Waals surface area (Å²) >= 11 is 0. The first-order valence-corrected chi connectivity index (χ1v) is 7.08. The molecule has 0 fully saturated rings. The second-order valence-electron chi connectivity index (χ2n) is 5.61. The van der Waals surface area contributed by atoms with Gasteiger partial charge in [0.15, 0.2) is 0 Å². The summed E-state index contributed by atoms with van der Waals surface area (Å²) in [4.78, 5) is 0. The van der Waals surface area contributed by atoms with Gasteiger partial charge in [-0.15, -0.1) is 0 Å². The van der Waals surface area contributed by atoms with Crippen LogP contribution in [0.4, 0.5) is 0 Å². The number of aliphatic hydroxyl groups is 3. The van der Waals surface area contributed by atoms with Gasteiger partial charge in [-0.2, -0.15) is 0 Å². The van der Waals surface area contributed by atoms with Crippen LogP contribution in [0.2, 0.25) is 0 Å². The fourth-order valence-corrected chi connectivity index (χ4v) is 2.95. The van der Waals surface area contributed by atoms with Crippen molar-refractivity contribution < 1.29 is 15.3 Å². The highest BCUT2D eigenvalue weighted by Crippen LogP contribution is 2.46. The van der Waals surface area contributed by atoms with Crippen LogP contribution in [0.3, 0.4) is 0 Å². The molecule has 0 aliphatic heterocycles. The average Bonchev–Trinajstić information content (AvgIpc) is 2.58. The molecule has 0 bridgehead atoms. The molecule has 0 radical (unpaired) electrons. The van der Waals surface area contributed by atoms with Crippen molar-refractivity contribution in [1.82, 2.24) is 0 Å². The summed E-state index contributed by atoms with van der Waals surface area (Å²) in [7, 11) is 0. The Kier molecular flexibility index (Phi) is 4.78. The van der Waals surface area contributed by atoms with E-state index < -0.39 is 10.8 Å². The van der Waals surface area contributed by atoms with Crippen LogP contribution in [0, 0.1) is 5.41 Å². The zero-order valence-corrected chi connectivity index (χ0v) is 12.2. The van der Waals surface area contributed by atoms with E-state index in [1.165, 1.54) is 0 Å². The molecule has 2 aromatic rings. The second-order valence-corrected chi connectivity index (χ2v) is 5.61. The van der Waals surface area contributed by atoms with Gasteiger partial charge in [0, 0.05) is 5.41 Å². The van der Waals surface area contributed by atoms with Gasteiger partial charge in [-0.25, -0.2) is 0 Å². The Labute approximate surface area is 125 Å². The molecular weight excluding hydrogens is 264 g/mol. The SMILES string of the molecule is CC(c1ccccc1)(c1ccccc1)C(CO)(CO)CO. The Balaban J connectivity index is 2.71. The van der Waals surface area contributed by atoms with Crippen LogP contribution in [0.15, 0.2) is 60.7 Å². The van der Waals surface area contributed by atoms with E-state index in [0.29, 0.717) is 0 Å². The maximum Gasteiger partial charge on any atom is 0.0543 e. The van der Waals surface area contributed by atoms with Crippen molar-refractivity contribution in [2.75, 3.05) is 19.8 Å². The van der Waals surface area contributed by atoms with E-state index in [0.717, 1.165) is 11.1 Å². The Bertz CT molecular complexity index is 499. The Morgan fingerprint density at radius 3 is 1.29 bits per heavy atom. The van der Waals surface area contributed by atoms with Gasteiger partial charge in [0.1, 0.15) is 0 Å². The molecule has 0 aliphatic carbocycles. The molecule has 0 amide bonds. The predicted octanol–water partition coefficient (Wildman–Crippen LogP) is 1.96. The van der Waals surface area contributed by atoms with Crippen LogP contribution in [0.5, 0.6) is 0 Å². The zero-order chi connectivity index (χ0) is 15.3. The third-order valence-electron chi connectivity index (χ3n) is 4.67. The molecule has 0 aromatic heterocycles. The third kappa shape index (κ3) is 2.48. The highest BCUT2D eigenvalue weighted by Gasteiger charge is 2.49. The Morgan fingerprint density at radius 1 is 0.667 bits per heavy atom. The van der Waals surface area contributed by atoms with Gasteiger partial charge >= 0.3 is 0 Å². The highest BCUT2D eigenvalue weighted by molar-refractivity contribution is 5.41. The molecule has 0 atom stereocenters. The quantitative estimate of drug-likeness (QED) is 0.761. The first-order valence-electron chi connectivity index (χ1n) is 7.08. The van der Waals surface area contributed by atoms with Gasteiger partial charge in [-0.05, 0) is 11.1 Å². The summed E-state index contributed by atoms with van der Waals surface area (Å²) < 4.78 is 0. The molecule has 0 unspecified atom stereocenters. The van der Waals surface area contributed by atoms with E-state index in [1.54, 1.807) is 0 Å². The number of hydrogen-bond acceptors (Lipinski definition) is 3. The first-order chi connectivity index (χ1) is 10.1. The Hall–Kier alpha value is -1.68. The molecule has 3 nitrogen and oxygen atoms in total. The summed E-state index contributed by atoms with van der Waals surface area (Å²) in [6.07, 6.45) is 0. The minimum absolute atomic E-state index is 0.305. The van der Waals surface area contributed by atoms with E-state index in [2.05, 4.69) is 0 Å². The number of aliphatic hydroxyl groups excluding tert-OH is 3. The van der Waals surface area contributed by atoms with E-state index in [4.69, 9.17) is 0 Å². The normalized spacial score (nSPS) is 12.4. The van der Waals surface area contributed by atoms with E-state index in [-0.39, 0.29) is 19.8 Å². The molecule has 2 aromatic carbocycles.